The molecule has 7 heteroatoms. The normalized spacial score (nSPS) is 10.5. The van der Waals surface area contributed by atoms with Gasteiger partial charge in [0, 0.05) is 10.5 Å². The first-order valence-corrected chi connectivity index (χ1v) is 6.66. The molecule has 0 bridgehead atoms. The molecule has 2 rings (SSSR count). The third kappa shape index (κ3) is 2.77. The van der Waals surface area contributed by atoms with Gasteiger partial charge in [-0.2, -0.15) is 4.37 Å². The summed E-state index contributed by atoms with van der Waals surface area (Å²) in [4.78, 5) is 5.07. The molecular weight excluding hydrogens is 276 g/mol. The van der Waals surface area contributed by atoms with E-state index in [-0.39, 0.29) is 5.84 Å². The van der Waals surface area contributed by atoms with E-state index in [0.717, 1.165) is 15.1 Å². The molecule has 0 spiro atoms. The summed E-state index contributed by atoms with van der Waals surface area (Å²) in [5.41, 5.74) is 6.08. The molecule has 17 heavy (non-hydrogen) atoms. The second-order valence-corrected chi connectivity index (χ2v) is 5.68. The number of hydrogen-bond donors (Lipinski definition) is 2. The van der Waals surface area contributed by atoms with Crippen LogP contribution in [0.15, 0.2) is 27.4 Å². The third-order valence-electron chi connectivity index (χ3n) is 1.95. The summed E-state index contributed by atoms with van der Waals surface area (Å²) in [6.45, 7) is 1.84. The van der Waals surface area contributed by atoms with Gasteiger partial charge in [0.1, 0.15) is 11.7 Å². The van der Waals surface area contributed by atoms with E-state index in [1.54, 1.807) is 6.07 Å². The molecule has 0 aliphatic rings. The van der Waals surface area contributed by atoms with Crippen LogP contribution in [0.1, 0.15) is 11.4 Å². The maximum absolute atomic E-state index is 7.54. The second kappa shape index (κ2) is 5.03. The van der Waals surface area contributed by atoms with Gasteiger partial charge in [0.15, 0.2) is 4.34 Å². The van der Waals surface area contributed by atoms with Gasteiger partial charge in [-0.3, -0.25) is 5.41 Å². The molecule has 0 atom stereocenters. The van der Waals surface area contributed by atoms with Gasteiger partial charge in [-0.1, -0.05) is 29.4 Å². The number of halogens is 1. The van der Waals surface area contributed by atoms with Gasteiger partial charge in [0.2, 0.25) is 0 Å². The van der Waals surface area contributed by atoms with Crippen LogP contribution in [-0.4, -0.2) is 15.2 Å². The fourth-order valence-corrected chi connectivity index (χ4v) is 3.39. The lowest BCUT2D eigenvalue weighted by atomic mass is 10.2. The summed E-state index contributed by atoms with van der Waals surface area (Å²) in [5, 5.41) is 8.01. The van der Waals surface area contributed by atoms with Gasteiger partial charge >= 0.3 is 0 Å². The average Bonchev–Trinajstić information content (AvgIpc) is 2.63. The van der Waals surface area contributed by atoms with Crippen molar-refractivity contribution in [2.75, 3.05) is 0 Å². The van der Waals surface area contributed by atoms with E-state index in [9.17, 15) is 0 Å². The Morgan fingerprint density at radius 3 is 2.88 bits per heavy atom. The summed E-state index contributed by atoms with van der Waals surface area (Å²) in [6.07, 6.45) is 0. The average molecular weight is 285 g/mol. The molecule has 1 heterocycles. The Hall–Kier alpha value is -1.11. The standard InChI is InChI=1S/C10H9ClN4S2/c1-5-14-10(17-15-5)16-7-4-2-3-6(11)8(7)9(12)13/h2-4H,1H3,(H3,12,13). The number of benzene rings is 1. The molecule has 3 N–H and O–H groups in total. The topological polar surface area (TPSA) is 75.7 Å². The quantitative estimate of drug-likeness (QED) is 0.671. The summed E-state index contributed by atoms with van der Waals surface area (Å²) < 4.78 is 4.91. The van der Waals surface area contributed by atoms with Crippen LogP contribution in [0.3, 0.4) is 0 Å². The van der Waals surface area contributed by atoms with Gasteiger partial charge in [-0.15, -0.1) is 0 Å². The van der Waals surface area contributed by atoms with Crippen LogP contribution in [0.5, 0.6) is 0 Å². The predicted molar refractivity (Wildman–Crippen MR) is 71.2 cm³/mol. The van der Waals surface area contributed by atoms with Crippen LogP contribution < -0.4 is 5.73 Å². The zero-order valence-electron chi connectivity index (χ0n) is 8.90. The Kier molecular flexibility index (Phi) is 3.66. The maximum Gasteiger partial charge on any atom is 0.174 e. The summed E-state index contributed by atoms with van der Waals surface area (Å²) in [6, 6.07) is 5.41. The molecule has 1 aromatic carbocycles. The van der Waals surface area contributed by atoms with Crippen LogP contribution >= 0.6 is 34.9 Å². The lowest BCUT2D eigenvalue weighted by Crippen LogP contribution is -2.12. The molecule has 0 fully saturated rings. The summed E-state index contributed by atoms with van der Waals surface area (Å²) in [7, 11) is 0. The van der Waals surface area contributed by atoms with E-state index < -0.39 is 0 Å². The Morgan fingerprint density at radius 2 is 2.29 bits per heavy atom. The van der Waals surface area contributed by atoms with Gasteiger partial charge in [0.05, 0.1) is 5.02 Å². The van der Waals surface area contributed by atoms with E-state index in [2.05, 4.69) is 9.36 Å². The minimum absolute atomic E-state index is 0.0423. The van der Waals surface area contributed by atoms with Crippen LogP contribution in [0.4, 0.5) is 0 Å². The molecule has 0 aliphatic carbocycles. The van der Waals surface area contributed by atoms with Crippen molar-refractivity contribution in [1.82, 2.24) is 9.36 Å². The zero-order valence-corrected chi connectivity index (χ0v) is 11.3. The van der Waals surface area contributed by atoms with Gasteiger partial charge in [-0.25, -0.2) is 4.98 Å². The highest BCUT2D eigenvalue weighted by Gasteiger charge is 2.12. The fraction of sp³-hybridized carbons (Fsp3) is 0.100. The number of rotatable bonds is 3. The first-order valence-electron chi connectivity index (χ1n) is 4.69. The molecule has 0 amide bonds. The van der Waals surface area contributed by atoms with Crippen LogP contribution in [0, 0.1) is 12.3 Å². The molecule has 4 nitrogen and oxygen atoms in total. The number of hydrogen-bond acceptors (Lipinski definition) is 5. The molecule has 0 saturated carbocycles. The Morgan fingerprint density at radius 1 is 1.53 bits per heavy atom. The Bertz CT molecular complexity index is 567. The van der Waals surface area contributed by atoms with Gasteiger partial charge < -0.3 is 5.73 Å². The minimum atomic E-state index is -0.0423. The second-order valence-electron chi connectivity index (χ2n) is 3.24. The number of amidine groups is 1. The first-order chi connectivity index (χ1) is 8.08. The molecule has 0 unspecified atom stereocenters. The molecule has 88 valence electrons. The van der Waals surface area contributed by atoms with Crippen molar-refractivity contribution >= 4 is 40.7 Å². The van der Waals surface area contributed by atoms with E-state index >= 15 is 0 Å². The van der Waals surface area contributed by atoms with Crippen LogP contribution in [-0.2, 0) is 0 Å². The van der Waals surface area contributed by atoms with Crippen molar-refractivity contribution in [3.63, 3.8) is 0 Å². The molecule has 0 saturated heterocycles. The van der Waals surface area contributed by atoms with Crippen molar-refractivity contribution < 1.29 is 0 Å². The molecule has 0 aliphatic heterocycles. The van der Waals surface area contributed by atoms with Crippen molar-refractivity contribution in [1.29, 1.82) is 5.41 Å². The Labute approximate surface area is 112 Å². The zero-order chi connectivity index (χ0) is 12.4. The largest absolute Gasteiger partial charge is 0.384 e. The smallest absolute Gasteiger partial charge is 0.174 e. The van der Waals surface area contributed by atoms with Gasteiger partial charge in [0.25, 0.3) is 0 Å². The lowest BCUT2D eigenvalue weighted by molar-refractivity contribution is 1.10. The molecule has 2 aromatic rings. The predicted octanol–water partition coefficient (Wildman–Crippen LogP) is 2.94. The first kappa shape index (κ1) is 12.3. The molecule has 0 radical (unpaired) electrons. The Balaban J connectivity index is 2.39. The van der Waals surface area contributed by atoms with Gasteiger partial charge in [-0.05, 0) is 30.6 Å². The van der Waals surface area contributed by atoms with E-state index in [1.165, 1.54) is 23.3 Å². The lowest BCUT2D eigenvalue weighted by Gasteiger charge is -2.07. The van der Waals surface area contributed by atoms with Crippen molar-refractivity contribution in [2.24, 2.45) is 5.73 Å². The van der Waals surface area contributed by atoms with E-state index in [0.29, 0.717) is 10.6 Å². The highest BCUT2D eigenvalue weighted by Crippen LogP contribution is 2.34. The van der Waals surface area contributed by atoms with Crippen LogP contribution in [0.2, 0.25) is 5.02 Å². The molecule has 1 aromatic heterocycles. The van der Waals surface area contributed by atoms with E-state index in [4.69, 9.17) is 22.7 Å². The van der Waals surface area contributed by atoms with Crippen LogP contribution in [0.25, 0.3) is 0 Å². The third-order valence-corrected chi connectivity index (χ3v) is 4.17. The number of nitrogens with one attached hydrogen (secondary N) is 1. The number of nitrogens with two attached hydrogens (primary N) is 1. The number of nitrogen functional groups attached to an aromatic ring is 1. The van der Waals surface area contributed by atoms with Crippen molar-refractivity contribution in [3.05, 3.63) is 34.6 Å². The summed E-state index contributed by atoms with van der Waals surface area (Å²) in [5.74, 6) is 0.697. The fourth-order valence-electron chi connectivity index (χ4n) is 1.26. The van der Waals surface area contributed by atoms with E-state index in [1.807, 2.05) is 19.1 Å². The summed E-state index contributed by atoms with van der Waals surface area (Å²) >= 11 is 8.76. The SMILES string of the molecule is Cc1nsc(Sc2cccc(Cl)c2C(=N)N)n1. The molecular formula is C10H9ClN4S2. The highest BCUT2D eigenvalue weighted by atomic mass is 35.5. The maximum atomic E-state index is 7.54. The number of aryl methyl sites for hydroxylation is 1. The van der Waals surface area contributed by atoms with Crippen molar-refractivity contribution in [2.45, 2.75) is 16.2 Å². The van der Waals surface area contributed by atoms with Crippen molar-refractivity contribution in [3.8, 4) is 0 Å². The monoisotopic (exact) mass is 284 g/mol. The minimum Gasteiger partial charge on any atom is -0.384 e. The highest BCUT2D eigenvalue weighted by molar-refractivity contribution is 8.01. The number of aromatic nitrogens is 2. The number of nitrogens with zero attached hydrogens (tertiary/aromatic N) is 2.